The molecule has 0 saturated carbocycles. The summed E-state index contributed by atoms with van der Waals surface area (Å²) in [5, 5.41) is 13.7. The highest BCUT2D eigenvalue weighted by atomic mass is 79.9. The van der Waals surface area contributed by atoms with Crippen LogP contribution in [0.4, 0.5) is 0 Å². The molecule has 5 nitrogen and oxygen atoms in total. The quantitative estimate of drug-likeness (QED) is 0.723. The van der Waals surface area contributed by atoms with Gasteiger partial charge < -0.3 is 14.8 Å². The summed E-state index contributed by atoms with van der Waals surface area (Å²) in [4.78, 5) is 0. The molecule has 0 bridgehead atoms. The molecule has 0 aliphatic carbocycles. The third-order valence-corrected chi connectivity index (χ3v) is 4.52. The maximum atomic E-state index is 5.23. The predicted molar refractivity (Wildman–Crippen MR) is 88.0 cm³/mol. The lowest BCUT2D eigenvalue weighted by Gasteiger charge is -2.03. The molecule has 0 aliphatic heterocycles. The molecule has 1 aromatic carbocycles. The van der Waals surface area contributed by atoms with Gasteiger partial charge in [0.15, 0.2) is 0 Å². The highest BCUT2D eigenvalue weighted by Crippen LogP contribution is 2.31. The van der Waals surface area contributed by atoms with Crippen LogP contribution in [0.5, 0.6) is 5.75 Å². The van der Waals surface area contributed by atoms with Crippen LogP contribution in [0.25, 0.3) is 10.6 Å². The largest absolute Gasteiger partial charge is 0.496 e. The molecule has 0 spiro atoms. The fourth-order valence-electron chi connectivity index (χ4n) is 1.77. The van der Waals surface area contributed by atoms with Gasteiger partial charge in [0, 0.05) is 32.2 Å². The van der Waals surface area contributed by atoms with E-state index in [1.165, 1.54) is 0 Å². The average molecular weight is 372 g/mol. The molecule has 0 amide bonds. The topological polar surface area (TPSA) is 56.3 Å². The summed E-state index contributed by atoms with van der Waals surface area (Å²) in [6.45, 7) is 2.46. The van der Waals surface area contributed by atoms with Crippen LogP contribution in [-0.4, -0.2) is 44.1 Å². The zero-order valence-electron chi connectivity index (χ0n) is 12.1. The maximum absolute atomic E-state index is 5.23. The summed E-state index contributed by atoms with van der Waals surface area (Å²) in [6, 6.07) is 5.91. The zero-order valence-corrected chi connectivity index (χ0v) is 14.5. The molecule has 0 aliphatic rings. The molecule has 7 heteroatoms. The molecule has 0 saturated heterocycles. The van der Waals surface area contributed by atoms with Gasteiger partial charge in [-0.2, -0.15) is 0 Å². The Kier molecular flexibility index (Phi) is 6.56. The van der Waals surface area contributed by atoms with E-state index in [0.717, 1.165) is 51.9 Å². The number of nitrogens with one attached hydrogen (secondary N) is 1. The minimum Gasteiger partial charge on any atom is -0.496 e. The minimum absolute atomic E-state index is 0.723. The Balaban J connectivity index is 1.94. The van der Waals surface area contributed by atoms with Crippen molar-refractivity contribution in [3.8, 4) is 16.3 Å². The van der Waals surface area contributed by atoms with Crippen LogP contribution < -0.4 is 10.1 Å². The van der Waals surface area contributed by atoms with Crippen molar-refractivity contribution in [3.63, 3.8) is 0 Å². The first kappa shape index (κ1) is 16.4. The fourth-order valence-corrected chi connectivity index (χ4v) is 3.14. The van der Waals surface area contributed by atoms with E-state index >= 15 is 0 Å². The van der Waals surface area contributed by atoms with Crippen molar-refractivity contribution in [1.82, 2.24) is 15.5 Å². The first-order chi connectivity index (χ1) is 10.2. The summed E-state index contributed by atoms with van der Waals surface area (Å²) in [5.41, 5.74) is 1.04. The molecule has 0 atom stereocenters. The second-order valence-corrected chi connectivity index (χ2v) is 6.26. The molecular formula is C14H18BrN3O2S. The van der Waals surface area contributed by atoms with Crippen molar-refractivity contribution >= 4 is 27.3 Å². The Bertz CT molecular complexity index is 577. The van der Waals surface area contributed by atoms with Crippen molar-refractivity contribution in [3.05, 3.63) is 27.7 Å². The van der Waals surface area contributed by atoms with E-state index in [0.29, 0.717) is 0 Å². The smallest absolute Gasteiger partial charge is 0.147 e. The van der Waals surface area contributed by atoms with Crippen LogP contribution in [0.2, 0.25) is 0 Å². The minimum atomic E-state index is 0.723. The number of rotatable bonds is 8. The standard InChI is InChI=1S/C14H18BrN3O2S/c1-19-8-7-16-6-5-13-17-18-14(21-13)10-3-4-12(20-2)11(15)9-10/h3-4,9,16H,5-8H2,1-2H3. The van der Waals surface area contributed by atoms with Crippen LogP contribution in [0.1, 0.15) is 5.01 Å². The molecule has 21 heavy (non-hydrogen) atoms. The normalized spacial score (nSPS) is 10.8. The SMILES string of the molecule is COCCNCCc1nnc(-c2ccc(OC)c(Br)c2)s1. The Morgan fingerprint density at radius 3 is 2.81 bits per heavy atom. The molecule has 114 valence electrons. The average Bonchev–Trinajstić information content (AvgIpc) is 2.96. The van der Waals surface area contributed by atoms with Crippen LogP contribution in [0.3, 0.4) is 0 Å². The zero-order chi connectivity index (χ0) is 15.1. The monoisotopic (exact) mass is 371 g/mol. The second-order valence-electron chi connectivity index (χ2n) is 4.34. The third kappa shape index (κ3) is 4.74. The number of halogens is 1. The molecule has 1 heterocycles. The van der Waals surface area contributed by atoms with E-state index in [1.807, 2.05) is 18.2 Å². The van der Waals surface area contributed by atoms with Gasteiger partial charge in [-0.05, 0) is 34.1 Å². The van der Waals surface area contributed by atoms with E-state index in [9.17, 15) is 0 Å². The maximum Gasteiger partial charge on any atom is 0.147 e. The van der Waals surface area contributed by atoms with Crippen LogP contribution in [0.15, 0.2) is 22.7 Å². The number of benzene rings is 1. The van der Waals surface area contributed by atoms with E-state index < -0.39 is 0 Å². The summed E-state index contributed by atoms with van der Waals surface area (Å²) in [6.07, 6.45) is 0.874. The Hall–Kier alpha value is -1.02. The second kappa shape index (κ2) is 8.43. The Morgan fingerprint density at radius 2 is 2.10 bits per heavy atom. The predicted octanol–water partition coefficient (Wildman–Crippen LogP) is 2.75. The number of methoxy groups -OCH3 is 2. The van der Waals surface area contributed by atoms with Crippen molar-refractivity contribution in [2.24, 2.45) is 0 Å². The Labute approximate surface area is 136 Å². The lowest BCUT2D eigenvalue weighted by atomic mass is 10.2. The van der Waals surface area contributed by atoms with Crippen LogP contribution in [0, 0.1) is 0 Å². The van der Waals surface area contributed by atoms with E-state index in [4.69, 9.17) is 9.47 Å². The molecule has 2 aromatic rings. The molecule has 0 radical (unpaired) electrons. The third-order valence-electron chi connectivity index (χ3n) is 2.86. The van der Waals surface area contributed by atoms with Gasteiger partial charge in [-0.3, -0.25) is 0 Å². The molecule has 1 N–H and O–H groups in total. The van der Waals surface area contributed by atoms with Crippen molar-refractivity contribution in [1.29, 1.82) is 0 Å². The van der Waals surface area contributed by atoms with Crippen LogP contribution in [-0.2, 0) is 11.2 Å². The van der Waals surface area contributed by atoms with E-state index in [1.54, 1.807) is 25.6 Å². The molecular weight excluding hydrogens is 354 g/mol. The number of nitrogens with zero attached hydrogens (tertiary/aromatic N) is 2. The summed E-state index contributed by atoms with van der Waals surface area (Å²) in [7, 11) is 3.35. The number of ether oxygens (including phenoxy) is 2. The number of hydrogen-bond donors (Lipinski definition) is 1. The van der Waals surface area contributed by atoms with Gasteiger partial charge in [0.05, 0.1) is 18.2 Å². The molecule has 1 aromatic heterocycles. The van der Waals surface area contributed by atoms with Gasteiger partial charge in [-0.25, -0.2) is 0 Å². The van der Waals surface area contributed by atoms with Crippen molar-refractivity contribution < 1.29 is 9.47 Å². The number of aromatic nitrogens is 2. The van der Waals surface area contributed by atoms with Gasteiger partial charge in [-0.1, -0.05) is 11.3 Å². The Morgan fingerprint density at radius 1 is 1.24 bits per heavy atom. The molecule has 2 rings (SSSR count). The summed E-state index contributed by atoms with van der Waals surface area (Å²) in [5.74, 6) is 0.811. The van der Waals surface area contributed by atoms with E-state index in [2.05, 4.69) is 31.4 Å². The van der Waals surface area contributed by atoms with Gasteiger partial charge in [0.25, 0.3) is 0 Å². The lowest BCUT2D eigenvalue weighted by molar-refractivity contribution is 0.199. The van der Waals surface area contributed by atoms with Crippen molar-refractivity contribution in [2.45, 2.75) is 6.42 Å². The van der Waals surface area contributed by atoms with Crippen LogP contribution >= 0.6 is 27.3 Å². The summed E-state index contributed by atoms with van der Waals surface area (Å²) < 4.78 is 11.1. The fraction of sp³-hybridized carbons (Fsp3) is 0.429. The summed E-state index contributed by atoms with van der Waals surface area (Å²) >= 11 is 5.10. The van der Waals surface area contributed by atoms with E-state index in [-0.39, 0.29) is 0 Å². The highest BCUT2D eigenvalue weighted by molar-refractivity contribution is 9.10. The number of hydrogen-bond acceptors (Lipinski definition) is 6. The lowest BCUT2D eigenvalue weighted by Crippen LogP contribution is -2.21. The molecule has 0 fully saturated rings. The van der Waals surface area contributed by atoms with Gasteiger partial charge in [0.1, 0.15) is 15.8 Å². The van der Waals surface area contributed by atoms with Gasteiger partial charge in [0.2, 0.25) is 0 Å². The molecule has 0 unspecified atom stereocenters. The van der Waals surface area contributed by atoms with Crippen molar-refractivity contribution in [2.75, 3.05) is 33.9 Å². The van der Waals surface area contributed by atoms with Gasteiger partial charge in [-0.15, -0.1) is 10.2 Å². The first-order valence-electron chi connectivity index (χ1n) is 6.60. The first-order valence-corrected chi connectivity index (χ1v) is 8.21. The van der Waals surface area contributed by atoms with Gasteiger partial charge >= 0.3 is 0 Å². The highest BCUT2D eigenvalue weighted by Gasteiger charge is 2.09.